The van der Waals surface area contributed by atoms with Gasteiger partial charge in [-0.25, -0.2) is 0 Å². The van der Waals surface area contributed by atoms with Crippen molar-refractivity contribution in [2.75, 3.05) is 7.05 Å². The second-order valence-corrected chi connectivity index (χ2v) is 5.80. The number of carbonyl (C=O) groups is 1. The van der Waals surface area contributed by atoms with Gasteiger partial charge in [-0.05, 0) is 43.0 Å². The Morgan fingerprint density at radius 2 is 2.18 bits per heavy atom. The number of benzene rings is 1. The third-order valence-corrected chi connectivity index (χ3v) is 3.77. The van der Waals surface area contributed by atoms with Gasteiger partial charge in [0, 0.05) is 18.1 Å². The summed E-state index contributed by atoms with van der Waals surface area (Å²) in [5.41, 5.74) is 7.68. The minimum Gasteiger partial charge on any atom is -0.340 e. The summed E-state index contributed by atoms with van der Waals surface area (Å²) in [5.74, 6) is 0.0527. The normalized spacial score (nSPS) is 16.7. The van der Waals surface area contributed by atoms with Gasteiger partial charge in [-0.1, -0.05) is 22.0 Å². The maximum atomic E-state index is 12.0. The molecule has 3 nitrogen and oxygen atoms in total. The number of halogens is 1. The SMILES string of the molecule is Cc1ccc(Br)cc1CN(C)C(=O)C1(N)CC1. The van der Waals surface area contributed by atoms with Crippen molar-refractivity contribution >= 4 is 21.8 Å². The summed E-state index contributed by atoms with van der Waals surface area (Å²) >= 11 is 3.45. The van der Waals surface area contributed by atoms with Gasteiger partial charge in [-0.15, -0.1) is 0 Å². The number of rotatable bonds is 3. The molecule has 0 aliphatic heterocycles. The second-order valence-electron chi connectivity index (χ2n) is 4.89. The summed E-state index contributed by atoms with van der Waals surface area (Å²) in [7, 11) is 1.82. The van der Waals surface area contributed by atoms with Gasteiger partial charge in [-0.2, -0.15) is 0 Å². The number of nitrogens with zero attached hydrogens (tertiary/aromatic N) is 1. The molecule has 1 amide bonds. The third-order valence-electron chi connectivity index (χ3n) is 3.28. The van der Waals surface area contributed by atoms with Gasteiger partial charge in [0.15, 0.2) is 0 Å². The number of amides is 1. The van der Waals surface area contributed by atoms with Crippen LogP contribution in [0.1, 0.15) is 24.0 Å². The van der Waals surface area contributed by atoms with Crippen molar-refractivity contribution in [2.45, 2.75) is 31.8 Å². The molecule has 2 N–H and O–H groups in total. The van der Waals surface area contributed by atoms with Crippen molar-refractivity contribution in [1.82, 2.24) is 4.90 Å². The Morgan fingerprint density at radius 1 is 1.53 bits per heavy atom. The van der Waals surface area contributed by atoms with E-state index in [9.17, 15) is 4.79 Å². The highest BCUT2D eigenvalue weighted by atomic mass is 79.9. The average Bonchev–Trinajstić information content (AvgIpc) is 3.02. The maximum absolute atomic E-state index is 12.0. The lowest BCUT2D eigenvalue weighted by molar-refractivity contribution is -0.132. The summed E-state index contributed by atoms with van der Waals surface area (Å²) in [4.78, 5) is 13.7. The molecule has 0 saturated heterocycles. The molecule has 0 aromatic heterocycles. The Bertz CT molecular complexity index is 455. The summed E-state index contributed by atoms with van der Waals surface area (Å²) in [6, 6.07) is 6.11. The average molecular weight is 297 g/mol. The zero-order chi connectivity index (χ0) is 12.6. The molecule has 17 heavy (non-hydrogen) atoms. The Kier molecular flexibility index (Phi) is 3.27. The van der Waals surface area contributed by atoms with Crippen LogP contribution in [0.2, 0.25) is 0 Å². The van der Waals surface area contributed by atoms with Crippen LogP contribution in [0.25, 0.3) is 0 Å². The van der Waals surface area contributed by atoms with Crippen LogP contribution >= 0.6 is 15.9 Å². The van der Waals surface area contributed by atoms with Crippen LogP contribution in [-0.4, -0.2) is 23.4 Å². The van der Waals surface area contributed by atoms with Crippen LogP contribution in [0.15, 0.2) is 22.7 Å². The molecule has 0 spiro atoms. The van der Waals surface area contributed by atoms with E-state index in [4.69, 9.17) is 5.73 Å². The molecule has 1 aromatic carbocycles. The smallest absolute Gasteiger partial charge is 0.242 e. The van der Waals surface area contributed by atoms with Crippen LogP contribution in [-0.2, 0) is 11.3 Å². The quantitative estimate of drug-likeness (QED) is 0.929. The molecule has 1 fully saturated rings. The minimum absolute atomic E-state index is 0.0527. The third kappa shape index (κ3) is 2.69. The van der Waals surface area contributed by atoms with Gasteiger partial charge >= 0.3 is 0 Å². The summed E-state index contributed by atoms with van der Waals surface area (Å²) < 4.78 is 1.04. The molecule has 1 aliphatic carbocycles. The Morgan fingerprint density at radius 3 is 2.76 bits per heavy atom. The first-order chi connectivity index (χ1) is 7.92. The van der Waals surface area contributed by atoms with Crippen molar-refractivity contribution in [3.05, 3.63) is 33.8 Å². The van der Waals surface area contributed by atoms with Crippen LogP contribution < -0.4 is 5.73 Å². The first kappa shape index (κ1) is 12.6. The van der Waals surface area contributed by atoms with E-state index in [0.717, 1.165) is 22.9 Å². The molecule has 1 aliphatic rings. The van der Waals surface area contributed by atoms with E-state index in [2.05, 4.69) is 28.9 Å². The Labute approximate surface area is 110 Å². The summed E-state index contributed by atoms with van der Waals surface area (Å²) in [6.07, 6.45) is 1.63. The van der Waals surface area contributed by atoms with E-state index >= 15 is 0 Å². The van der Waals surface area contributed by atoms with Crippen LogP contribution in [0, 0.1) is 6.92 Å². The number of likely N-dealkylation sites (N-methyl/N-ethyl adjacent to an activating group) is 1. The monoisotopic (exact) mass is 296 g/mol. The van der Waals surface area contributed by atoms with Crippen molar-refractivity contribution in [3.63, 3.8) is 0 Å². The summed E-state index contributed by atoms with van der Waals surface area (Å²) in [6.45, 7) is 2.67. The number of hydrogen-bond acceptors (Lipinski definition) is 2. The zero-order valence-electron chi connectivity index (χ0n) is 10.2. The standard InChI is InChI=1S/C13H17BrN2O/c1-9-3-4-11(14)7-10(9)8-16(2)12(17)13(15)5-6-13/h3-4,7H,5-6,8,15H2,1-2H3. The molecule has 2 rings (SSSR count). The molecule has 4 heteroatoms. The van der Waals surface area contributed by atoms with Gasteiger partial charge in [0.2, 0.25) is 5.91 Å². The van der Waals surface area contributed by atoms with Gasteiger partial charge in [0.1, 0.15) is 0 Å². The lowest BCUT2D eigenvalue weighted by Crippen LogP contribution is -2.43. The molecule has 0 atom stereocenters. The van der Waals surface area contributed by atoms with E-state index in [1.165, 1.54) is 5.56 Å². The fraction of sp³-hybridized carbons (Fsp3) is 0.462. The van der Waals surface area contributed by atoms with Crippen molar-refractivity contribution < 1.29 is 4.79 Å². The Balaban J connectivity index is 2.10. The predicted molar refractivity (Wildman–Crippen MR) is 71.5 cm³/mol. The fourth-order valence-corrected chi connectivity index (χ4v) is 2.27. The highest BCUT2D eigenvalue weighted by Gasteiger charge is 2.47. The topological polar surface area (TPSA) is 46.3 Å². The fourth-order valence-electron chi connectivity index (χ4n) is 1.87. The van der Waals surface area contributed by atoms with E-state index < -0.39 is 5.54 Å². The lowest BCUT2D eigenvalue weighted by atomic mass is 10.1. The van der Waals surface area contributed by atoms with Crippen molar-refractivity contribution in [1.29, 1.82) is 0 Å². The molecule has 1 aromatic rings. The molecular weight excluding hydrogens is 280 g/mol. The number of nitrogens with two attached hydrogens (primary N) is 1. The number of hydrogen-bond donors (Lipinski definition) is 1. The van der Waals surface area contributed by atoms with E-state index in [1.54, 1.807) is 4.90 Å². The van der Waals surface area contributed by atoms with Gasteiger partial charge in [0.05, 0.1) is 5.54 Å². The second kappa shape index (κ2) is 4.42. The first-order valence-corrected chi connectivity index (χ1v) is 6.51. The van der Waals surface area contributed by atoms with Crippen LogP contribution in [0.4, 0.5) is 0 Å². The largest absolute Gasteiger partial charge is 0.340 e. The zero-order valence-corrected chi connectivity index (χ0v) is 11.8. The number of aryl methyl sites for hydroxylation is 1. The first-order valence-electron chi connectivity index (χ1n) is 5.72. The Hall–Kier alpha value is -0.870. The van der Waals surface area contributed by atoms with Gasteiger partial charge in [0.25, 0.3) is 0 Å². The predicted octanol–water partition coefficient (Wildman–Crippen LogP) is 2.21. The van der Waals surface area contributed by atoms with Crippen molar-refractivity contribution in [3.8, 4) is 0 Å². The molecule has 92 valence electrons. The molecule has 0 radical (unpaired) electrons. The van der Waals surface area contributed by atoms with E-state index in [1.807, 2.05) is 19.2 Å². The highest BCUT2D eigenvalue weighted by molar-refractivity contribution is 9.10. The molecule has 1 saturated carbocycles. The van der Waals surface area contributed by atoms with E-state index in [0.29, 0.717) is 6.54 Å². The number of carbonyl (C=O) groups excluding carboxylic acids is 1. The molecular formula is C13H17BrN2O. The van der Waals surface area contributed by atoms with Crippen LogP contribution in [0.3, 0.4) is 0 Å². The summed E-state index contributed by atoms with van der Waals surface area (Å²) in [5, 5.41) is 0. The molecule has 0 unspecified atom stereocenters. The van der Waals surface area contributed by atoms with Gasteiger partial charge in [-0.3, -0.25) is 4.79 Å². The minimum atomic E-state index is -0.575. The highest BCUT2D eigenvalue weighted by Crippen LogP contribution is 2.34. The van der Waals surface area contributed by atoms with Crippen LogP contribution in [0.5, 0.6) is 0 Å². The maximum Gasteiger partial charge on any atom is 0.242 e. The molecule has 0 heterocycles. The van der Waals surface area contributed by atoms with Crippen molar-refractivity contribution in [2.24, 2.45) is 5.73 Å². The van der Waals surface area contributed by atoms with E-state index in [-0.39, 0.29) is 5.91 Å². The van der Waals surface area contributed by atoms with Gasteiger partial charge < -0.3 is 10.6 Å². The molecule has 0 bridgehead atoms. The lowest BCUT2D eigenvalue weighted by Gasteiger charge is -2.22.